The number of rotatable bonds is 4. The van der Waals surface area contributed by atoms with Crippen molar-refractivity contribution < 1.29 is 9.59 Å². The number of aromatic nitrogens is 1. The van der Waals surface area contributed by atoms with E-state index in [1.807, 2.05) is 55.6 Å². The van der Waals surface area contributed by atoms with Crippen molar-refractivity contribution in [1.82, 2.24) is 4.98 Å². The van der Waals surface area contributed by atoms with Gasteiger partial charge in [-0.2, -0.15) is 0 Å². The normalized spacial score (nSPS) is 10.8. The van der Waals surface area contributed by atoms with Crippen LogP contribution in [0.2, 0.25) is 0 Å². The van der Waals surface area contributed by atoms with Gasteiger partial charge < -0.3 is 16.0 Å². The molecule has 1 aromatic heterocycles. The lowest BCUT2D eigenvalue weighted by Crippen LogP contribution is -2.13. The summed E-state index contributed by atoms with van der Waals surface area (Å²) >= 11 is 0. The van der Waals surface area contributed by atoms with Crippen LogP contribution >= 0.6 is 0 Å². The van der Waals surface area contributed by atoms with Gasteiger partial charge in [0.15, 0.2) is 0 Å². The molecule has 5 heteroatoms. The molecule has 0 spiro atoms. The third-order valence-electron chi connectivity index (χ3n) is 4.70. The molecule has 0 unspecified atom stereocenters. The molecule has 0 fully saturated rings. The molecule has 0 saturated heterocycles. The summed E-state index contributed by atoms with van der Waals surface area (Å²) in [6, 6.07) is 21.2. The lowest BCUT2D eigenvalue weighted by Gasteiger charge is -2.11. The standard InChI is InChI=1S/C23H18N3O2/c1-14-3-2-4-19(22(24)27)21(14)16-5-7-17(8-6-16)23(28)26-18-10-9-15-11-12-25-20(15)13-18/h2-3,5-13,25H,1H3,(H2,24,27)(H,26,28). The van der Waals surface area contributed by atoms with E-state index in [-0.39, 0.29) is 5.91 Å². The highest BCUT2D eigenvalue weighted by molar-refractivity contribution is 6.06. The van der Waals surface area contributed by atoms with Crippen molar-refractivity contribution in [1.29, 1.82) is 0 Å². The van der Waals surface area contributed by atoms with Crippen molar-refractivity contribution in [3.05, 3.63) is 89.6 Å². The molecule has 2 amide bonds. The minimum atomic E-state index is -0.528. The molecule has 0 saturated carbocycles. The van der Waals surface area contributed by atoms with Crippen LogP contribution in [0, 0.1) is 13.0 Å². The molecule has 4 N–H and O–H groups in total. The summed E-state index contributed by atoms with van der Waals surface area (Å²) < 4.78 is 0. The Labute approximate surface area is 162 Å². The van der Waals surface area contributed by atoms with Crippen LogP contribution in [0.5, 0.6) is 0 Å². The lowest BCUT2D eigenvalue weighted by molar-refractivity contribution is 0.0997. The fourth-order valence-electron chi connectivity index (χ4n) is 3.29. The largest absolute Gasteiger partial charge is 0.366 e. The van der Waals surface area contributed by atoms with Gasteiger partial charge in [-0.15, -0.1) is 0 Å². The predicted octanol–water partition coefficient (Wildman–Crippen LogP) is 4.29. The summed E-state index contributed by atoms with van der Waals surface area (Å²) in [6.45, 7) is 1.91. The number of fused-ring (bicyclic) bond motifs is 1. The Bertz CT molecular complexity index is 1190. The molecule has 4 rings (SSSR count). The molecule has 3 aromatic carbocycles. The van der Waals surface area contributed by atoms with E-state index in [0.717, 1.165) is 27.6 Å². The van der Waals surface area contributed by atoms with E-state index in [1.165, 1.54) is 0 Å². The number of amides is 2. The molecule has 0 atom stereocenters. The van der Waals surface area contributed by atoms with Crippen molar-refractivity contribution >= 4 is 28.4 Å². The van der Waals surface area contributed by atoms with Crippen molar-refractivity contribution in [2.45, 2.75) is 6.92 Å². The average Bonchev–Trinajstić information content (AvgIpc) is 3.15. The summed E-state index contributed by atoms with van der Waals surface area (Å²) in [5.74, 6) is -0.732. The van der Waals surface area contributed by atoms with Crippen LogP contribution in [0.1, 0.15) is 26.3 Å². The van der Waals surface area contributed by atoms with Crippen molar-refractivity contribution in [2.24, 2.45) is 5.73 Å². The maximum absolute atomic E-state index is 12.6. The summed E-state index contributed by atoms with van der Waals surface area (Å²) in [5.41, 5.74) is 10.5. The Morgan fingerprint density at radius 3 is 2.57 bits per heavy atom. The SMILES string of the molecule is Cc1cc[c]c(C(N)=O)c1-c1ccc(C(=O)Nc2ccc3cc[nH]c3c2)cc1. The van der Waals surface area contributed by atoms with Gasteiger partial charge in [0.2, 0.25) is 5.91 Å². The summed E-state index contributed by atoms with van der Waals surface area (Å²) in [4.78, 5) is 27.4. The smallest absolute Gasteiger partial charge is 0.255 e. The van der Waals surface area contributed by atoms with Crippen molar-refractivity contribution in [3.63, 3.8) is 0 Å². The molecule has 4 aromatic rings. The molecule has 1 heterocycles. The Hall–Kier alpha value is -3.86. The highest BCUT2D eigenvalue weighted by atomic mass is 16.2. The van der Waals surface area contributed by atoms with E-state index < -0.39 is 5.91 Å². The lowest BCUT2D eigenvalue weighted by atomic mass is 9.94. The highest BCUT2D eigenvalue weighted by Gasteiger charge is 2.14. The second kappa shape index (κ2) is 7.04. The Kier molecular flexibility index (Phi) is 4.41. The van der Waals surface area contributed by atoms with Gasteiger partial charge in [-0.05, 0) is 65.4 Å². The van der Waals surface area contributed by atoms with Gasteiger partial charge in [-0.3, -0.25) is 9.59 Å². The zero-order chi connectivity index (χ0) is 19.7. The molecule has 1 radical (unpaired) electrons. The molecular formula is C23H18N3O2. The van der Waals surface area contributed by atoms with Crippen molar-refractivity contribution in [3.8, 4) is 11.1 Å². The number of nitrogens with two attached hydrogens (primary N) is 1. The number of benzene rings is 3. The number of carbonyl (C=O) groups excluding carboxylic acids is 2. The van der Waals surface area contributed by atoms with E-state index in [0.29, 0.717) is 16.8 Å². The van der Waals surface area contributed by atoms with Gasteiger partial charge in [0.1, 0.15) is 0 Å². The van der Waals surface area contributed by atoms with Crippen LogP contribution in [0.4, 0.5) is 5.69 Å². The maximum atomic E-state index is 12.6. The van der Waals surface area contributed by atoms with E-state index in [1.54, 1.807) is 18.2 Å². The van der Waals surface area contributed by atoms with Crippen LogP contribution in [0.25, 0.3) is 22.0 Å². The number of anilines is 1. The first-order valence-corrected chi connectivity index (χ1v) is 8.83. The Morgan fingerprint density at radius 1 is 1.04 bits per heavy atom. The van der Waals surface area contributed by atoms with Gasteiger partial charge in [0.25, 0.3) is 5.91 Å². The topological polar surface area (TPSA) is 88.0 Å². The fraction of sp³-hybridized carbons (Fsp3) is 0.0435. The number of primary amides is 1. The van der Waals surface area contributed by atoms with Gasteiger partial charge in [-0.1, -0.05) is 30.3 Å². The Balaban J connectivity index is 1.59. The van der Waals surface area contributed by atoms with Gasteiger partial charge in [0.05, 0.1) is 5.56 Å². The van der Waals surface area contributed by atoms with E-state index in [2.05, 4.69) is 16.4 Å². The molecule has 0 aliphatic heterocycles. The van der Waals surface area contributed by atoms with Crippen LogP contribution in [0.15, 0.2) is 66.9 Å². The zero-order valence-electron chi connectivity index (χ0n) is 15.2. The third-order valence-corrected chi connectivity index (χ3v) is 4.70. The number of aromatic amines is 1. The fourth-order valence-corrected chi connectivity index (χ4v) is 3.29. The van der Waals surface area contributed by atoms with E-state index in [4.69, 9.17) is 5.73 Å². The average molecular weight is 368 g/mol. The van der Waals surface area contributed by atoms with Crippen molar-refractivity contribution in [2.75, 3.05) is 5.32 Å². The second-order valence-corrected chi connectivity index (χ2v) is 6.59. The summed E-state index contributed by atoms with van der Waals surface area (Å²) in [7, 11) is 0. The van der Waals surface area contributed by atoms with Gasteiger partial charge in [0, 0.05) is 23.0 Å². The Morgan fingerprint density at radius 2 is 1.82 bits per heavy atom. The minimum absolute atomic E-state index is 0.205. The number of hydrogen-bond donors (Lipinski definition) is 3. The van der Waals surface area contributed by atoms with Gasteiger partial charge >= 0.3 is 0 Å². The van der Waals surface area contributed by atoms with Crippen LogP contribution in [-0.2, 0) is 0 Å². The first kappa shape index (κ1) is 17.5. The number of H-pyrrole nitrogens is 1. The number of carbonyl (C=O) groups is 2. The molecule has 5 nitrogen and oxygen atoms in total. The molecule has 0 aliphatic carbocycles. The van der Waals surface area contributed by atoms with E-state index >= 15 is 0 Å². The van der Waals surface area contributed by atoms with Gasteiger partial charge in [-0.25, -0.2) is 0 Å². The molecule has 0 bridgehead atoms. The highest BCUT2D eigenvalue weighted by Crippen LogP contribution is 2.27. The van der Waals surface area contributed by atoms with Crippen LogP contribution in [0.3, 0.4) is 0 Å². The third kappa shape index (κ3) is 3.25. The quantitative estimate of drug-likeness (QED) is 0.502. The number of nitrogens with one attached hydrogen (secondary N) is 2. The van der Waals surface area contributed by atoms with Crippen LogP contribution in [-0.4, -0.2) is 16.8 Å². The number of aryl methyl sites for hydroxylation is 1. The second-order valence-electron chi connectivity index (χ2n) is 6.59. The predicted molar refractivity (Wildman–Crippen MR) is 110 cm³/mol. The first-order chi connectivity index (χ1) is 13.5. The number of hydrogen-bond acceptors (Lipinski definition) is 2. The zero-order valence-corrected chi connectivity index (χ0v) is 15.2. The summed E-state index contributed by atoms with van der Waals surface area (Å²) in [5, 5.41) is 3.99. The summed E-state index contributed by atoms with van der Waals surface area (Å²) in [6.07, 6.45) is 1.86. The molecule has 28 heavy (non-hydrogen) atoms. The van der Waals surface area contributed by atoms with Crippen LogP contribution < -0.4 is 11.1 Å². The molecule has 0 aliphatic rings. The molecular weight excluding hydrogens is 350 g/mol. The molecule has 137 valence electrons. The monoisotopic (exact) mass is 368 g/mol. The minimum Gasteiger partial charge on any atom is -0.366 e. The van der Waals surface area contributed by atoms with E-state index in [9.17, 15) is 9.59 Å². The maximum Gasteiger partial charge on any atom is 0.255 e. The first-order valence-electron chi connectivity index (χ1n) is 8.83.